The molecule has 2 aromatic rings. The quantitative estimate of drug-likeness (QED) is 0.773. The van der Waals surface area contributed by atoms with Crippen LogP contribution in [0.1, 0.15) is 25.8 Å². The smallest absolute Gasteiger partial charge is 0.240 e. The Morgan fingerprint density at radius 3 is 2.83 bits per heavy atom. The van der Waals surface area contributed by atoms with Crippen LogP contribution >= 0.6 is 0 Å². The fourth-order valence-corrected chi connectivity index (χ4v) is 3.78. The number of nitrogens with one attached hydrogen (secondary N) is 2. The first-order valence-corrected chi connectivity index (χ1v) is 9.22. The number of carbonyl (C=O) groups excluding carboxylic acids is 1. The summed E-state index contributed by atoms with van der Waals surface area (Å²) in [6, 6.07) is 6.55. The van der Waals surface area contributed by atoms with Gasteiger partial charge in [0.2, 0.25) is 15.9 Å². The largest absolute Gasteiger partial charge is 0.325 e. The lowest BCUT2D eigenvalue weighted by Gasteiger charge is -2.16. The summed E-state index contributed by atoms with van der Waals surface area (Å²) in [6.07, 6.45) is 4.16. The van der Waals surface area contributed by atoms with E-state index in [1.165, 1.54) is 6.07 Å². The molecule has 2 heterocycles. The van der Waals surface area contributed by atoms with Crippen LogP contribution in [0.15, 0.2) is 41.6 Å². The van der Waals surface area contributed by atoms with E-state index in [0.29, 0.717) is 30.8 Å². The van der Waals surface area contributed by atoms with Crippen LogP contribution in [0, 0.1) is 0 Å². The van der Waals surface area contributed by atoms with Gasteiger partial charge in [-0.05, 0) is 50.1 Å². The number of rotatable bonds is 6. The molecule has 0 radical (unpaired) electrons. The standard InChI is InChI=1S/C16H20N4O3S/c1-16(2)13-11-12(5-6-14(13)19-15(16)21)24(22,23)18-8-4-10-20-9-3-7-17-20/h3,5-7,9,11,18H,4,8,10H2,1-2H3,(H,19,21). The second-order valence-corrected chi connectivity index (χ2v) is 8.07. The number of benzene rings is 1. The first-order valence-electron chi connectivity index (χ1n) is 7.74. The Hall–Kier alpha value is -2.19. The van der Waals surface area contributed by atoms with Crippen LogP contribution in [-0.2, 0) is 26.8 Å². The van der Waals surface area contributed by atoms with E-state index in [0.717, 1.165) is 0 Å². The van der Waals surface area contributed by atoms with E-state index >= 15 is 0 Å². The lowest BCUT2D eigenvalue weighted by molar-refractivity contribution is -0.119. The number of nitrogens with zero attached hydrogens (tertiary/aromatic N) is 2. The van der Waals surface area contributed by atoms with Gasteiger partial charge < -0.3 is 5.32 Å². The van der Waals surface area contributed by atoms with Crippen LogP contribution in [0.25, 0.3) is 0 Å². The van der Waals surface area contributed by atoms with Gasteiger partial charge in [0.25, 0.3) is 0 Å². The second-order valence-electron chi connectivity index (χ2n) is 6.31. The van der Waals surface area contributed by atoms with Crippen molar-refractivity contribution in [2.45, 2.75) is 37.1 Å². The van der Waals surface area contributed by atoms with Crippen LogP contribution in [0.3, 0.4) is 0 Å². The molecule has 1 aromatic heterocycles. The number of amides is 1. The van der Waals surface area contributed by atoms with Crippen LogP contribution in [0.2, 0.25) is 0 Å². The molecule has 1 aliphatic rings. The molecule has 7 nitrogen and oxygen atoms in total. The molecule has 0 bridgehead atoms. The van der Waals surface area contributed by atoms with Crippen LogP contribution in [0.4, 0.5) is 5.69 Å². The second kappa shape index (κ2) is 6.03. The molecule has 0 unspecified atom stereocenters. The van der Waals surface area contributed by atoms with Crippen molar-refractivity contribution in [3.8, 4) is 0 Å². The van der Waals surface area contributed by atoms with E-state index in [-0.39, 0.29) is 10.8 Å². The Morgan fingerprint density at radius 2 is 2.12 bits per heavy atom. The normalized spacial score (nSPS) is 16.0. The van der Waals surface area contributed by atoms with E-state index in [9.17, 15) is 13.2 Å². The van der Waals surface area contributed by atoms with E-state index in [4.69, 9.17) is 0 Å². The fraction of sp³-hybridized carbons (Fsp3) is 0.375. The highest BCUT2D eigenvalue weighted by Gasteiger charge is 2.39. The minimum Gasteiger partial charge on any atom is -0.325 e. The SMILES string of the molecule is CC1(C)C(=O)Nc2ccc(S(=O)(=O)NCCCn3cccn3)cc21. The van der Waals surface area contributed by atoms with Crippen molar-refractivity contribution in [3.05, 3.63) is 42.2 Å². The predicted octanol–water partition coefficient (Wildman–Crippen LogP) is 1.48. The predicted molar refractivity (Wildman–Crippen MR) is 90.1 cm³/mol. The zero-order valence-electron chi connectivity index (χ0n) is 13.6. The van der Waals surface area contributed by atoms with Crippen molar-refractivity contribution in [2.75, 3.05) is 11.9 Å². The molecule has 0 saturated carbocycles. The van der Waals surface area contributed by atoms with E-state index in [1.807, 2.05) is 12.3 Å². The third-order valence-corrected chi connectivity index (χ3v) is 5.66. The third-order valence-electron chi connectivity index (χ3n) is 4.21. The van der Waals surface area contributed by atoms with Gasteiger partial charge in [-0.1, -0.05) is 0 Å². The van der Waals surface area contributed by atoms with Crippen molar-refractivity contribution < 1.29 is 13.2 Å². The molecule has 3 rings (SSSR count). The molecular weight excluding hydrogens is 328 g/mol. The molecule has 0 spiro atoms. The average Bonchev–Trinajstić information content (AvgIpc) is 3.11. The number of anilines is 1. The summed E-state index contributed by atoms with van der Waals surface area (Å²) in [5.41, 5.74) is 0.635. The summed E-state index contributed by atoms with van der Waals surface area (Å²) in [7, 11) is -3.61. The number of hydrogen-bond acceptors (Lipinski definition) is 4. The van der Waals surface area contributed by atoms with E-state index < -0.39 is 15.4 Å². The lowest BCUT2D eigenvalue weighted by atomic mass is 9.86. The lowest BCUT2D eigenvalue weighted by Crippen LogP contribution is -2.28. The molecule has 1 aromatic carbocycles. The first-order chi connectivity index (χ1) is 11.3. The number of aryl methyl sites for hydroxylation is 1. The van der Waals surface area contributed by atoms with Crippen molar-refractivity contribution in [2.24, 2.45) is 0 Å². The van der Waals surface area contributed by atoms with Crippen LogP contribution in [0.5, 0.6) is 0 Å². The van der Waals surface area contributed by atoms with Gasteiger partial charge in [-0.3, -0.25) is 9.48 Å². The van der Waals surface area contributed by atoms with Gasteiger partial charge in [-0.2, -0.15) is 5.10 Å². The average molecular weight is 348 g/mol. The Bertz CT molecular complexity index is 857. The monoisotopic (exact) mass is 348 g/mol. The molecule has 8 heteroatoms. The van der Waals surface area contributed by atoms with Gasteiger partial charge >= 0.3 is 0 Å². The van der Waals surface area contributed by atoms with Gasteiger partial charge in [0.15, 0.2) is 0 Å². The van der Waals surface area contributed by atoms with Gasteiger partial charge in [-0.15, -0.1) is 0 Å². The van der Waals surface area contributed by atoms with Crippen molar-refractivity contribution in [1.82, 2.24) is 14.5 Å². The van der Waals surface area contributed by atoms with Gasteiger partial charge in [0.1, 0.15) is 0 Å². The molecule has 1 amide bonds. The van der Waals surface area contributed by atoms with Gasteiger partial charge in [0.05, 0.1) is 10.3 Å². The summed E-state index contributed by atoms with van der Waals surface area (Å²) in [5, 5.41) is 6.84. The molecule has 0 fully saturated rings. The summed E-state index contributed by atoms with van der Waals surface area (Å²) in [4.78, 5) is 12.1. The molecule has 2 N–H and O–H groups in total. The molecule has 0 aliphatic carbocycles. The maximum atomic E-state index is 12.4. The van der Waals surface area contributed by atoms with Crippen molar-refractivity contribution >= 4 is 21.6 Å². The number of sulfonamides is 1. The van der Waals surface area contributed by atoms with Gasteiger partial charge in [0, 0.05) is 31.2 Å². The third kappa shape index (κ3) is 3.07. The van der Waals surface area contributed by atoms with E-state index in [2.05, 4.69) is 15.1 Å². The van der Waals surface area contributed by atoms with Crippen molar-refractivity contribution in [1.29, 1.82) is 0 Å². The fourth-order valence-electron chi connectivity index (χ4n) is 2.68. The maximum absolute atomic E-state index is 12.4. The molecular formula is C16H20N4O3S. The highest BCUT2D eigenvalue weighted by molar-refractivity contribution is 7.89. The number of aromatic nitrogens is 2. The maximum Gasteiger partial charge on any atom is 0.240 e. The Labute approximate surface area is 141 Å². The Kier molecular flexibility index (Phi) is 4.18. The number of carbonyl (C=O) groups is 1. The minimum absolute atomic E-state index is 0.126. The highest BCUT2D eigenvalue weighted by atomic mass is 32.2. The minimum atomic E-state index is -3.61. The molecule has 24 heavy (non-hydrogen) atoms. The molecule has 0 saturated heterocycles. The number of fused-ring (bicyclic) bond motifs is 1. The summed E-state index contributed by atoms with van der Waals surface area (Å²) in [5.74, 6) is -0.126. The Balaban J connectivity index is 1.69. The highest BCUT2D eigenvalue weighted by Crippen LogP contribution is 2.38. The van der Waals surface area contributed by atoms with E-state index in [1.54, 1.807) is 36.9 Å². The van der Waals surface area contributed by atoms with Crippen molar-refractivity contribution in [3.63, 3.8) is 0 Å². The summed E-state index contributed by atoms with van der Waals surface area (Å²) >= 11 is 0. The first kappa shape index (κ1) is 16.7. The Morgan fingerprint density at radius 1 is 1.33 bits per heavy atom. The topological polar surface area (TPSA) is 93.1 Å². The number of hydrogen-bond donors (Lipinski definition) is 2. The molecule has 0 atom stereocenters. The molecule has 1 aliphatic heterocycles. The van der Waals surface area contributed by atoms with Crippen LogP contribution in [-0.4, -0.2) is 30.7 Å². The summed E-state index contributed by atoms with van der Waals surface area (Å²) in [6.45, 7) is 4.52. The summed E-state index contributed by atoms with van der Waals surface area (Å²) < 4.78 is 29.2. The van der Waals surface area contributed by atoms with Crippen LogP contribution < -0.4 is 10.0 Å². The zero-order valence-corrected chi connectivity index (χ0v) is 14.4. The zero-order chi connectivity index (χ0) is 17.4. The van der Waals surface area contributed by atoms with Gasteiger partial charge in [-0.25, -0.2) is 13.1 Å². The molecule has 128 valence electrons.